The highest BCUT2D eigenvalue weighted by Crippen LogP contribution is 2.17. The number of hydrogen-bond donors (Lipinski definition) is 0. The summed E-state index contributed by atoms with van der Waals surface area (Å²) >= 11 is 9.02. The molecule has 0 radical (unpaired) electrons. The monoisotopic (exact) mass is 284 g/mol. The van der Waals surface area contributed by atoms with E-state index in [0.717, 1.165) is 10.0 Å². The number of hydrogen-bond acceptors (Lipinski definition) is 2. The van der Waals surface area contributed by atoms with Gasteiger partial charge < -0.3 is 0 Å². The molecule has 0 bridgehead atoms. The van der Waals surface area contributed by atoms with Gasteiger partial charge in [0, 0.05) is 29.6 Å². The molecule has 0 saturated heterocycles. The fourth-order valence-electron chi connectivity index (χ4n) is 0.817. The van der Waals surface area contributed by atoms with Crippen molar-refractivity contribution in [2.24, 2.45) is 5.11 Å². The summed E-state index contributed by atoms with van der Waals surface area (Å²) in [5.41, 5.74) is 8.81. The summed E-state index contributed by atoms with van der Waals surface area (Å²) in [5, 5.41) is 3.77. The van der Waals surface area contributed by atoms with Crippen LogP contribution in [0.3, 0.4) is 0 Å². The Kier molecular flexibility index (Phi) is 4.99. The van der Waals surface area contributed by atoms with E-state index >= 15 is 0 Å². The summed E-state index contributed by atoms with van der Waals surface area (Å²) in [7, 11) is 0. The highest BCUT2D eigenvalue weighted by Gasteiger charge is 1.97. The Hall–Kier alpha value is -1.21. The van der Waals surface area contributed by atoms with Gasteiger partial charge in [-0.25, -0.2) is 4.98 Å². The van der Waals surface area contributed by atoms with Crippen LogP contribution in [-0.4, -0.2) is 11.5 Å². The smallest absolute Gasteiger partial charge is 0.130 e. The maximum Gasteiger partial charge on any atom is 0.130 e. The van der Waals surface area contributed by atoms with Crippen LogP contribution in [0.15, 0.2) is 21.9 Å². The van der Waals surface area contributed by atoms with Crippen LogP contribution in [0.25, 0.3) is 10.4 Å². The van der Waals surface area contributed by atoms with E-state index in [0.29, 0.717) is 18.1 Å². The lowest BCUT2D eigenvalue weighted by Crippen LogP contribution is -1.82. The van der Waals surface area contributed by atoms with Gasteiger partial charge in [-0.3, -0.25) is 0 Å². The lowest BCUT2D eigenvalue weighted by Gasteiger charge is -1.94. The van der Waals surface area contributed by atoms with Crippen molar-refractivity contribution >= 4 is 27.5 Å². The van der Waals surface area contributed by atoms with Crippen LogP contribution in [0.1, 0.15) is 12.0 Å². The Bertz CT molecular complexity index is 457. The average Bonchev–Trinajstić information content (AvgIpc) is 2.23. The molecular formula is C9H6BrClN4. The first-order valence-corrected chi connectivity index (χ1v) is 5.22. The van der Waals surface area contributed by atoms with Crippen LogP contribution in [-0.2, 0) is 0 Å². The first kappa shape index (κ1) is 11.9. The molecule has 76 valence electrons. The highest BCUT2D eigenvalue weighted by molar-refractivity contribution is 9.10. The maximum absolute atomic E-state index is 8.04. The molecule has 0 atom stereocenters. The summed E-state index contributed by atoms with van der Waals surface area (Å²) in [4.78, 5) is 6.51. The van der Waals surface area contributed by atoms with Gasteiger partial charge in [-0.1, -0.05) is 28.6 Å². The molecule has 4 nitrogen and oxygen atoms in total. The molecule has 0 unspecified atom stereocenters. The van der Waals surface area contributed by atoms with E-state index in [9.17, 15) is 0 Å². The van der Waals surface area contributed by atoms with Crippen molar-refractivity contribution in [2.45, 2.75) is 6.42 Å². The van der Waals surface area contributed by atoms with Gasteiger partial charge in [-0.2, -0.15) is 0 Å². The average molecular weight is 286 g/mol. The van der Waals surface area contributed by atoms with E-state index in [2.05, 4.69) is 42.8 Å². The molecule has 1 heterocycles. The Morgan fingerprint density at radius 3 is 3.20 bits per heavy atom. The van der Waals surface area contributed by atoms with Crippen molar-refractivity contribution in [1.29, 1.82) is 0 Å². The van der Waals surface area contributed by atoms with Gasteiger partial charge in [0.05, 0.1) is 4.47 Å². The van der Waals surface area contributed by atoms with Crippen molar-refractivity contribution in [2.75, 3.05) is 6.54 Å². The molecule has 0 aliphatic heterocycles. The molecule has 1 aromatic heterocycles. The summed E-state index contributed by atoms with van der Waals surface area (Å²) in [6.45, 7) is 0.375. The Morgan fingerprint density at radius 2 is 2.47 bits per heavy atom. The van der Waals surface area contributed by atoms with E-state index < -0.39 is 0 Å². The van der Waals surface area contributed by atoms with Crippen LogP contribution in [0.4, 0.5) is 0 Å². The largest absolute Gasteiger partial charge is 0.243 e. The summed E-state index contributed by atoms with van der Waals surface area (Å²) < 4.78 is 0.795. The van der Waals surface area contributed by atoms with E-state index in [1.54, 1.807) is 12.3 Å². The van der Waals surface area contributed by atoms with E-state index in [1.807, 2.05) is 0 Å². The summed E-state index contributed by atoms with van der Waals surface area (Å²) in [5.74, 6) is 5.78. The molecule has 1 aromatic rings. The van der Waals surface area contributed by atoms with Crippen molar-refractivity contribution in [3.05, 3.63) is 37.9 Å². The van der Waals surface area contributed by atoms with Crippen LogP contribution in [0.2, 0.25) is 5.15 Å². The van der Waals surface area contributed by atoms with Crippen LogP contribution in [0.5, 0.6) is 0 Å². The number of halogens is 2. The molecule has 15 heavy (non-hydrogen) atoms. The fraction of sp³-hybridized carbons (Fsp3) is 0.222. The molecule has 0 N–H and O–H groups in total. The lowest BCUT2D eigenvalue weighted by atomic mass is 10.2. The Labute approximate surface area is 100 Å². The van der Waals surface area contributed by atoms with Crippen molar-refractivity contribution in [3.63, 3.8) is 0 Å². The Morgan fingerprint density at radius 1 is 1.67 bits per heavy atom. The van der Waals surface area contributed by atoms with Gasteiger partial charge in [-0.15, -0.1) is 0 Å². The molecule has 0 aliphatic carbocycles. The first-order valence-electron chi connectivity index (χ1n) is 4.05. The molecular weight excluding hydrogens is 279 g/mol. The SMILES string of the molecule is [N-]=[N+]=NCCC#Cc1cc(Cl)ncc1Br. The number of aromatic nitrogens is 1. The maximum atomic E-state index is 8.04. The second-order valence-electron chi connectivity index (χ2n) is 2.49. The third-order valence-electron chi connectivity index (χ3n) is 1.45. The molecule has 0 saturated carbocycles. The zero-order valence-electron chi connectivity index (χ0n) is 7.61. The molecule has 0 amide bonds. The normalized spacial score (nSPS) is 8.67. The molecule has 0 spiro atoms. The first-order chi connectivity index (χ1) is 7.24. The van der Waals surface area contributed by atoms with E-state index in [-0.39, 0.29) is 0 Å². The van der Waals surface area contributed by atoms with Gasteiger partial charge in [0.2, 0.25) is 0 Å². The molecule has 6 heteroatoms. The third-order valence-corrected chi connectivity index (χ3v) is 2.28. The number of rotatable bonds is 2. The van der Waals surface area contributed by atoms with Crippen LogP contribution in [0, 0.1) is 11.8 Å². The Balaban J connectivity index is 2.70. The van der Waals surface area contributed by atoms with Gasteiger partial charge in [0.25, 0.3) is 0 Å². The fourth-order valence-corrected chi connectivity index (χ4v) is 1.29. The third kappa shape index (κ3) is 4.22. The lowest BCUT2D eigenvalue weighted by molar-refractivity contribution is 1.01. The topological polar surface area (TPSA) is 61.7 Å². The van der Waals surface area contributed by atoms with Crippen molar-refractivity contribution < 1.29 is 0 Å². The molecule has 0 aliphatic rings. The molecule has 0 fully saturated rings. The number of pyridine rings is 1. The minimum absolute atomic E-state index is 0.375. The summed E-state index contributed by atoms with van der Waals surface area (Å²) in [6.07, 6.45) is 2.12. The summed E-state index contributed by atoms with van der Waals surface area (Å²) in [6, 6.07) is 1.67. The van der Waals surface area contributed by atoms with Gasteiger partial charge in [0.1, 0.15) is 5.15 Å². The predicted molar refractivity (Wildman–Crippen MR) is 62.5 cm³/mol. The predicted octanol–water partition coefficient (Wildman–Crippen LogP) is 3.55. The van der Waals surface area contributed by atoms with E-state index in [1.165, 1.54) is 0 Å². The number of azide groups is 1. The zero-order chi connectivity index (χ0) is 11.1. The van der Waals surface area contributed by atoms with Crippen molar-refractivity contribution in [3.8, 4) is 11.8 Å². The minimum atomic E-state index is 0.375. The van der Waals surface area contributed by atoms with Gasteiger partial charge in [0.15, 0.2) is 0 Å². The standard InChI is InChI=1S/C9H6BrClN4/c10-8-6-13-9(11)5-7(8)3-1-2-4-14-15-12/h5-6H,2,4H2. The minimum Gasteiger partial charge on any atom is -0.243 e. The van der Waals surface area contributed by atoms with E-state index in [4.69, 9.17) is 17.1 Å². The second-order valence-corrected chi connectivity index (χ2v) is 3.73. The molecule has 0 aromatic carbocycles. The van der Waals surface area contributed by atoms with Gasteiger partial charge in [-0.05, 0) is 27.5 Å². The second kappa shape index (κ2) is 6.31. The van der Waals surface area contributed by atoms with Crippen molar-refractivity contribution in [1.82, 2.24) is 4.98 Å². The quantitative estimate of drug-likeness (QED) is 0.205. The highest BCUT2D eigenvalue weighted by atomic mass is 79.9. The molecule has 1 rings (SSSR count). The van der Waals surface area contributed by atoms with Crippen LogP contribution >= 0.6 is 27.5 Å². The number of nitrogens with zero attached hydrogens (tertiary/aromatic N) is 4. The van der Waals surface area contributed by atoms with Crippen LogP contribution < -0.4 is 0 Å². The zero-order valence-corrected chi connectivity index (χ0v) is 9.96. The van der Waals surface area contributed by atoms with Gasteiger partial charge >= 0.3 is 0 Å².